The molecule has 1 aliphatic rings. The molecule has 1 amide bonds. The van der Waals surface area contributed by atoms with Crippen molar-refractivity contribution < 1.29 is 32.2 Å². The molecule has 0 saturated heterocycles. The summed E-state index contributed by atoms with van der Waals surface area (Å²) in [6.07, 6.45) is -5.72. The lowest BCUT2D eigenvalue weighted by Gasteiger charge is -2.35. The average Bonchev–Trinajstić information content (AvgIpc) is 2.66. The van der Waals surface area contributed by atoms with Crippen LogP contribution >= 0.6 is 0 Å². The molecule has 0 aliphatic carbocycles. The fraction of sp³-hybridized carbons (Fsp3) is 0.278. The predicted molar refractivity (Wildman–Crippen MR) is 87.4 cm³/mol. The van der Waals surface area contributed by atoms with Crippen LogP contribution in [0.4, 0.5) is 13.2 Å². The number of amides is 1. The Morgan fingerprint density at radius 2 is 2.00 bits per heavy atom. The van der Waals surface area contributed by atoms with Gasteiger partial charge in [0.2, 0.25) is 6.10 Å². The van der Waals surface area contributed by atoms with Crippen LogP contribution < -0.4 is 10.1 Å². The number of nitrogens with one attached hydrogen (secondary N) is 1. The first-order chi connectivity index (χ1) is 12.8. The van der Waals surface area contributed by atoms with E-state index in [2.05, 4.69) is 15.0 Å². The molecule has 1 aromatic carbocycles. The molecule has 9 heteroatoms. The molecule has 3 rings (SSSR count). The number of alkyl halides is 3. The lowest BCUT2D eigenvalue weighted by Crippen LogP contribution is -2.56. The van der Waals surface area contributed by atoms with Crippen LogP contribution in [0.25, 0.3) is 0 Å². The molecule has 0 unspecified atom stereocenters. The lowest BCUT2D eigenvalue weighted by molar-refractivity contribution is -0.205. The molecule has 0 fully saturated rings. The number of nitrogens with zero attached hydrogens (tertiary/aromatic N) is 1. The minimum absolute atomic E-state index is 0.0528. The van der Waals surface area contributed by atoms with Gasteiger partial charge in [-0.3, -0.25) is 9.78 Å². The zero-order valence-corrected chi connectivity index (χ0v) is 14.1. The molecule has 27 heavy (non-hydrogen) atoms. The van der Waals surface area contributed by atoms with Crippen molar-refractivity contribution in [3.63, 3.8) is 0 Å². The van der Waals surface area contributed by atoms with E-state index in [4.69, 9.17) is 4.74 Å². The van der Waals surface area contributed by atoms with E-state index in [9.17, 15) is 22.8 Å². The van der Waals surface area contributed by atoms with E-state index in [0.717, 1.165) is 6.07 Å². The Labute approximate surface area is 152 Å². The highest BCUT2D eigenvalue weighted by atomic mass is 19.4. The van der Waals surface area contributed by atoms with Gasteiger partial charge in [-0.25, -0.2) is 4.79 Å². The molecule has 1 N–H and O–H groups in total. The average molecular weight is 380 g/mol. The van der Waals surface area contributed by atoms with Gasteiger partial charge in [0.15, 0.2) is 0 Å². The second-order valence-electron chi connectivity index (χ2n) is 5.89. The fourth-order valence-electron chi connectivity index (χ4n) is 2.81. The van der Waals surface area contributed by atoms with Gasteiger partial charge >= 0.3 is 12.1 Å². The van der Waals surface area contributed by atoms with Gasteiger partial charge in [0.1, 0.15) is 11.4 Å². The van der Waals surface area contributed by atoms with Gasteiger partial charge in [0.25, 0.3) is 5.91 Å². The molecule has 0 radical (unpaired) electrons. The standard InChI is InChI=1S/C18H15F3N2O4/c1-26-17(25)11-6-7-22-13(9-11)16(24)23-12-8-10-4-2-3-5-14(10)27-15(12)18(19,20)21/h2-7,9,12,15H,8H2,1H3,(H,23,24)/t12-,15-/m1/s1. The number of pyridine rings is 1. The highest BCUT2D eigenvalue weighted by Gasteiger charge is 2.49. The van der Waals surface area contributed by atoms with E-state index in [0.29, 0.717) is 5.56 Å². The van der Waals surface area contributed by atoms with Gasteiger partial charge in [0.05, 0.1) is 18.7 Å². The summed E-state index contributed by atoms with van der Waals surface area (Å²) in [5, 5.41) is 2.32. The molecule has 0 saturated carbocycles. The molecule has 1 aliphatic heterocycles. The molecule has 2 heterocycles. The van der Waals surface area contributed by atoms with Gasteiger partial charge in [-0.2, -0.15) is 13.2 Å². The zero-order chi connectivity index (χ0) is 19.6. The third kappa shape index (κ3) is 4.02. The highest BCUT2D eigenvalue weighted by Crippen LogP contribution is 2.35. The van der Waals surface area contributed by atoms with Gasteiger partial charge in [-0.1, -0.05) is 18.2 Å². The molecule has 0 spiro atoms. The Morgan fingerprint density at radius 1 is 1.26 bits per heavy atom. The van der Waals surface area contributed by atoms with E-state index in [1.165, 1.54) is 25.4 Å². The van der Waals surface area contributed by atoms with Crippen LogP contribution in [0.3, 0.4) is 0 Å². The lowest BCUT2D eigenvalue weighted by atomic mass is 9.96. The van der Waals surface area contributed by atoms with Crippen LogP contribution in [-0.2, 0) is 11.2 Å². The van der Waals surface area contributed by atoms with Crippen molar-refractivity contribution in [2.24, 2.45) is 0 Å². The third-order valence-corrected chi connectivity index (χ3v) is 4.08. The highest BCUT2D eigenvalue weighted by molar-refractivity contribution is 5.96. The summed E-state index contributed by atoms with van der Waals surface area (Å²) in [6.45, 7) is 0. The van der Waals surface area contributed by atoms with Crippen LogP contribution in [-0.4, -0.2) is 42.3 Å². The molecule has 6 nitrogen and oxygen atoms in total. The molecule has 1 aromatic heterocycles. The number of methoxy groups -OCH3 is 1. The second kappa shape index (κ2) is 7.26. The Morgan fingerprint density at radius 3 is 2.70 bits per heavy atom. The van der Waals surface area contributed by atoms with Crippen LogP contribution in [0.1, 0.15) is 26.4 Å². The predicted octanol–water partition coefficient (Wildman–Crippen LogP) is 2.53. The van der Waals surface area contributed by atoms with Crippen molar-refractivity contribution in [2.45, 2.75) is 24.7 Å². The molecular formula is C18H15F3N2O4. The van der Waals surface area contributed by atoms with Crippen molar-refractivity contribution >= 4 is 11.9 Å². The van der Waals surface area contributed by atoms with Crippen molar-refractivity contribution in [1.29, 1.82) is 0 Å². The number of benzene rings is 1. The number of rotatable bonds is 3. The molecule has 0 bridgehead atoms. The number of halogens is 3. The molecule has 2 aromatic rings. The number of carbonyl (C=O) groups is 2. The number of aromatic nitrogens is 1. The first-order valence-electron chi connectivity index (χ1n) is 7.96. The number of ether oxygens (including phenoxy) is 2. The fourth-order valence-corrected chi connectivity index (χ4v) is 2.81. The number of fused-ring (bicyclic) bond motifs is 1. The van der Waals surface area contributed by atoms with Crippen LogP contribution in [0.2, 0.25) is 0 Å². The summed E-state index contributed by atoms with van der Waals surface area (Å²) in [6, 6.07) is 7.49. The largest absolute Gasteiger partial charge is 0.478 e. The number of carbonyl (C=O) groups excluding carboxylic acids is 2. The summed E-state index contributed by atoms with van der Waals surface area (Å²) in [7, 11) is 1.17. The monoisotopic (exact) mass is 380 g/mol. The van der Waals surface area contributed by atoms with Crippen LogP contribution in [0, 0.1) is 0 Å². The normalized spacial score (nSPS) is 18.8. The number of esters is 1. The summed E-state index contributed by atoms with van der Waals surface area (Å²) in [5.74, 6) is -1.39. The topological polar surface area (TPSA) is 77.5 Å². The zero-order valence-electron chi connectivity index (χ0n) is 14.1. The Hall–Kier alpha value is -3.10. The van der Waals surface area contributed by atoms with E-state index >= 15 is 0 Å². The van der Waals surface area contributed by atoms with E-state index in [1.54, 1.807) is 18.2 Å². The number of hydrogen-bond acceptors (Lipinski definition) is 5. The van der Waals surface area contributed by atoms with Crippen molar-refractivity contribution in [2.75, 3.05) is 7.11 Å². The summed E-state index contributed by atoms with van der Waals surface area (Å²) in [4.78, 5) is 27.8. The van der Waals surface area contributed by atoms with Gasteiger partial charge in [-0.15, -0.1) is 0 Å². The Balaban J connectivity index is 1.84. The van der Waals surface area contributed by atoms with E-state index < -0.39 is 30.2 Å². The van der Waals surface area contributed by atoms with E-state index in [1.807, 2.05) is 0 Å². The maximum absolute atomic E-state index is 13.4. The molecule has 142 valence electrons. The Bertz CT molecular complexity index is 870. The Kier molecular flexibility index (Phi) is 5.02. The van der Waals surface area contributed by atoms with Crippen LogP contribution in [0.5, 0.6) is 5.75 Å². The summed E-state index contributed by atoms with van der Waals surface area (Å²) < 4.78 is 49.8. The second-order valence-corrected chi connectivity index (χ2v) is 5.89. The van der Waals surface area contributed by atoms with Crippen LogP contribution in [0.15, 0.2) is 42.6 Å². The first-order valence-corrected chi connectivity index (χ1v) is 7.96. The van der Waals surface area contributed by atoms with Crippen molar-refractivity contribution in [3.8, 4) is 5.75 Å². The number of para-hydroxylation sites is 1. The maximum atomic E-state index is 13.4. The minimum Gasteiger partial charge on any atom is -0.478 e. The quantitative estimate of drug-likeness (QED) is 0.828. The maximum Gasteiger partial charge on any atom is 0.427 e. The molecule has 2 atom stereocenters. The summed E-state index contributed by atoms with van der Waals surface area (Å²) in [5.41, 5.74) is 0.424. The molecular weight excluding hydrogens is 365 g/mol. The van der Waals surface area contributed by atoms with Crippen molar-refractivity contribution in [1.82, 2.24) is 10.3 Å². The SMILES string of the molecule is COC(=O)c1ccnc(C(=O)N[C@@H]2Cc3ccccc3O[C@H]2C(F)(F)F)c1. The van der Waals surface area contributed by atoms with Gasteiger partial charge in [-0.05, 0) is 23.8 Å². The summed E-state index contributed by atoms with van der Waals surface area (Å²) >= 11 is 0. The first kappa shape index (κ1) is 18.7. The third-order valence-electron chi connectivity index (χ3n) is 4.08. The van der Waals surface area contributed by atoms with E-state index in [-0.39, 0.29) is 23.4 Å². The van der Waals surface area contributed by atoms with Crippen molar-refractivity contribution in [3.05, 3.63) is 59.4 Å². The van der Waals surface area contributed by atoms with Gasteiger partial charge in [0, 0.05) is 12.6 Å². The number of hydrogen-bond donors (Lipinski definition) is 1. The van der Waals surface area contributed by atoms with Gasteiger partial charge < -0.3 is 14.8 Å². The minimum atomic E-state index is -4.67. The smallest absolute Gasteiger partial charge is 0.427 e.